The van der Waals surface area contributed by atoms with Gasteiger partial charge in [-0.05, 0) is 30.7 Å². The molecular weight excluding hydrogens is 253 g/mol. The second kappa shape index (κ2) is 4.52. The Hall–Kier alpha value is -2.48. The number of hydrogen-bond donors (Lipinski definition) is 0. The summed E-state index contributed by atoms with van der Waals surface area (Å²) in [5.41, 5.74) is 6.41. The maximum Gasteiger partial charge on any atom is 0.139 e. The Balaban J connectivity index is 2.20. The Morgan fingerprint density at radius 3 is 1.90 bits per heavy atom. The molecule has 0 N–H and O–H groups in total. The minimum Gasteiger partial charge on any atom is -0.309 e. The second-order valence-electron chi connectivity index (χ2n) is 5.66. The van der Waals surface area contributed by atoms with Crippen molar-refractivity contribution in [3.8, 4) is 5.69 Å². The quantitative estimate of drug-likeness (QED) is 0.467. The molecule has 21 heavy (non-hydrogen) atoms. The first-order chi connectivity index (χ1) is 10.3. The van der Waals surface area contributed by atoms with Gasteiger partial charge in [0.05, 0.1) is 11.0 Å². The Morgan fingerprint density at radius 2 is 1.33 bits per heavy atom. The Bertz CT molecular complexity index is 913. The zero-order chi connectivity index (χ0) is 14.4. The lowest BCUT2D eigenvalue weighted by molar-refractivity contribution is 1.15. The van der Waals surface area contributed by atoms with Crippen molar-refractivity contribution in [2.24, 2.45) is 0 Å². The van der Waals surface area contributed by atoms with E-state index in [0.29, 0.717) is 0 Å². The highest BCUT2D eigenvalue weighted by Crippen LogP contribution is 2.32. The van der Waals surface area contributed by atoms with Crippen LogP contribution in [0.3, 0.4) is 0 Å². The number of benzene rings is 3. The van der Waals surface area contributed by atoms with Gasteiger partial charge in [-0.3, -0.25) is 0 Å². The molecule has 1 heterocycles. The first kappa shape index (κ1) is 12.3. The molecule has 100 valence electrons. The predicted molar refractivity (Wildman–Crippen MR) is 93.7 cm³/mol. The third-order valence-corrected chi connectivity index (χ3v) is 4.17. The zero-order valence-electron chi connectivity index (χ0n) is 12.3. The van der Waals surface area contributed by atoms with Crippen LogP contribution < -0.4 is 5.46 Å². The lowest BCUT2D eigenvalue weighted by Gasteiger charge is -2.11. The Kier molecular flexibility index (Phi) is 2.65. The van der Waals surface area contributed by atoms with E-state index in [9.17, 15) is 0 Å². The molecule has 0 saturated carbocycles. The molecule has 1 nitrogen and oxygen atoms in total. The van der Waals surface area contributed by atoms with Gasteiger partial charge in [0.1, 0.15) is 7.85 Å². The highest BCUT2D eigenvalue weighted by Gasteiger charge is 2.12. The number of fused-ring (bicyclic) bond motifs is 3. The van der Waals surface area contributed by atoms with Crippen molar-refractivity contribution in [2.45, 2.75) is 6.92 Å². The molecule has 4 rings (SSSR count). The van der Waals surface area contributed by atoms with E-state index in [-0.39, 0.29) is 0 Å². The van der Waals surface area contributed by atoms with E-state index in [0.717, 1.165) is 0 Å². The fourth-order valence-corrected chi connectivity index (χ4v) is 3.24. The Morgan fingerprint density at radius 1 is 0.762 bits per heavy atom. The minimum atomic E-state index is 1.26. The summed E-state index contributed by atoms with van der Waals surface area (Å²) in [5.74, 6) is 0. The molecule has 0 fully saturated rings. The number of hydrogen-bond acceptors (Lipinski definition) is 0. The topological polar surface area (TPSA) is 4.93 Å². The molecule has 0 spiro atoms. The van der Waals surface area contributed by atoms with Crippen molar-refractivity contribution >= 4 is 35.1 Å². The third kappa shape index (κ3) is 1.79. The van der Waals surface area contributed by atoms with Crippen LogP contribution >= 0.6 is 0 Å². The summed E-state index contributed by atoms with van der Waals surface area (Å²) >= 11 is 0. The third-order valence-electron chi connectivity index (χ3n) is 4.17. The fraction of sp³-hybridized carbons (Fsp3) is 0.0526. The van der Waals surface area contributed by atoms with E-state index in [1.54, 1.807) is 0 Å². The van der Waals surface area contributed by atoms with Gasteiger partial charge in [0, 0.05) is 16.5 Å². The van der Waals surface area contributed by atoms with Crippen LogP contribution in [-0.4, -0.2) is 12.4 Å². The molecule has 0 aliphatic rings. The molecule has 0 aliphatic heterocycles. The summed E-state index contributed by atoms with van der Waals surface area (Å²) in [6.45, 7) is 2.19. The monoisotopic (exact) mass is 269 g/mol. The van der Waals surface area contributed by atoms with E-state index in [4.69, 9.17) is 0 Å². The van der Waals surface area contributed by atoms with E-state index in [1.165, 1.54) is 38.5 Å². The number of rotatable bonds is 1. The summed E-state index contributed by atoms with van der Waals surface area (Å²) in [5, 5.41) is 2.63. The number of aromatic nitrogens is 1. The molecule has 0 aliphatic carbocycles. The average Bonchev–Trinajstić information content (AvgIpc) is 2.82. The van der Waals surface area contributed by atoms with E-state index in [1.807, 2.05) is 0 Å². The van der Waals surface area contributed by atoms with Crippen LogP contribution in [-0.2, 0) is 0 Å². The van der Waals surface area contributed by atoms with Gasteiger partial charge in [-0.25, -0.2) is 0 Å². The number of para-hydroxylation sites is 2. The summed E-state index contributed by atoms with van der Waals surface area (Å²) in [4.78, 5) is 0. The van der Waals surface area contributed by atoms with Crippen LogP contribution in [0.1, 0.15) is 5.56 Å². The highest BCUT2D eigenvalue weighted by atomic mass is 15.0. The smallest absolute Gasteiger partial charge is 0.139 e. The second-order valence-corrected chi connectivity index (χ2v) is 5.66. The largest absolute Gasteiger partial charge is 0.309 e. The number of nitrogens with zero attached hydrogens (tertiary/aromatic N) is 1. The molecule has 3 aromatic carbocycles. The Labute approximate surface area is 125 Å². The first-order valence-electron chi connectivity index (χ1n) is 7.31. The molecule has 0 saturated heterocycles. The standard InChI is InChI=1S/C19H16BN/c1-13-12-14(20)10-11-17(13)21-18-8-4-2-6-15(18)16-7-3-5-9-19(16)21/h2-12H,20H2,1H3. The van der Waals surface area contributed by atoms with Crippen molar-refractivity contribution in [3.63, 3.8) is 0 Å². The van der Waals surface area contributed by atoms with Crippen molar-refractivity contribution in [1.82, 2.24) is 4.57 Å². The van der Waals surface area contributed by atoms with Crippen LogP contribution in [0.5, 0.6) is 0 Å². The van der Waals surface area contributed by atoms with Gasteiger partial charge in [-0.2, -0.15) is 0 Å². The van der Waals surface area contributed by atoms with Gasteiger partial charge in [0.2, 0.25) is 0 Å². The first-order valence-corrected chi connectivity index (χ1v) is 7.31. The molecule has 0 amide bonds. The molecule has 4 aromatic rings. The predicted octanol–water partition coefficient (Wildman–Crippen LogP) is 3.35. The van der Waals surface area contributed by atoms with Crippen molar-refractivity contribution in [3.05, 3.63) is 72.3 Å². The van der Waals surface area contributed by atoms with Gasteiger partial charge in [-0.1, -0.05) is 54.0 Å². The van der Waals surface area contributed by atoms with E-state index >= 15 is 0 Å². The van der Waals surface area contributed by atoms with Crippen LogP contribution in [0.4, 0.5) is 0 Å². The van der Waals surface area contributed by atoms with Gasteiger partial charge >= 0.3 is 0 Å². The molecule has 1 aromatic heterocycles. The van der Waals surface area contributed by atoms with Crippen LogP contribution in [0.15, 0.2) is 66.7 Å². The van der Waals surface area contributed by atoms with Crippen LogP contribution in [0, 0.1) is 6.92 Å². The van der Waals surface area contributed by atoms with Gasteiger partial charge in [0.15, 0.2) is 0 Å². The maximum atomic E-state index is 2.37. The zero-order valence-corrected chi connectivity index (χ0v) is 12.3. The lowest BCUT2D eigenvalue weighted by Crippen LogP contribution is -2.05. The molecule has 0 radical (unpaired) electrons. The van der Waals surface area contributed by atoms with Crippen LogP contribution in [0.2, 0.25) is 0 Å². The van der Waals surface area contributed by atoms with Gasteiger partial charge in [-0.15, -0.1) is 0 Å². The van der Waals surface area contributed by atoms with Crippen molar-refractivity contribution in [2.75, 3.05) is 0 Å². The van der Waals surface area contributed by atoms with Gasteiger partial charge < -0.3 is 4.57 Å². The molecular formula is C19H16BN. The average molecular weight is 269 g/mol. The normalized spacial score (nSPS) is 11.3. The summed E-state index contributed by atoms with van der Waals surface area (Å²) in [6, 6.07) is 23.9. The summed E-state index contributed by atoms with van der Waals surface area (Å²) in [7, 11) is 2.14. The molecule has 2 heteroatoms. The summed E-state index contributed by atoms with van der Waals surface area (Å²) in [6.07, 6.45) is 0. The molecule has 0 bridgehead atoms. The van der Waals surface area contributed by atoms with E-state index in [2.05, 4.69) is 86.1 Å². The van der Waals surface area contributed by atoms with Gasteiger partial charge in [0.25, 0.3) is 0 Å². The maximum absolute atomic E-state index is 2.37. The fourth-order valence-electron chi connectivity index (χ4n) is 3.24. The SMILES string of the molecule is Bc1ccc(-n2c3ccccc3c3ccccc32)c(C)c1. The minimum absolute atomic E-state index is 1.26. The van der Waals surface area contributed by atoms with Crippen LogP contribution in [0.25, 0.3) is 27.5 Å². The van der Waals surface area contributed by atoms with Crippen molar-refractivity contribution < 1.29 is 0 Å². The lowest BCUT2D eigenvalue weighted by atomic mass is 9.94. The molecule has 0 atom stereocenters. The summed E-state index contributed by atoms with van der Waals surface area (Å²) < 4.78 is 2.37. The highest BCUT2D eigenvalue weighted by molar-refractivity contribution is 6.32. The van der Waals surface area contributed by atoms with E-state index < -0.39 is 0 Å². The number of aryl methyl sites for hydroxylation is 1. The van der Waals surface area contributed by atoms with Crippen molar-refractivity contribution in [1.29, 1.82) is 0 Å². The molecule has 0 unspecified atom stereocenters.